The van der Waals surface area contributed by atoms with E-state index in [1.807, 2.05) is 43.3 Å². The minimum atomic E-state index is -0.719. The number of carbonyl (C=O) groups is 1. The van der Waals surface area contributed by atoms with Gasteiger partial charge in [0, 0.05) is 12.7 Å². The number of carbonyl (C=O) groups excluding carboxylic acids is 1. The second kappa shape index (κ2) is 9.23. The third kappa shape index (κ3) is 4.49. The number of methoxy groups -OCH3 is 1. The van der Waals surface area contributed by atoms with Gasteiger partial charge in [-0.2, -0.15) is 0 Å². The van der Waals surface area contributed by atoms with E-state index in [0.29, 0.717) is 5.56 Å². The van der Waals surface area contributed by atoms with Crippen molar-refractivity contribution in [3.8, 4) is 0 Å². The first-order valence-corrected chi connectivity index (χ1v) is 9.46. The number of amides is 1. The molecule has 0 bridgehead atoms. The molecule has 8 heteroatoms. The Morgan fingerprint density at radius 3 is 2.53 bits per heavy atom. The maximum atomic E-state index is 13.4. The van der Waals surface area contributed by atoms with Gasteiger partial charge >= 0.3 is 5.69 Å². The van der Waals surface area contributed by atoms with E-state index in [2.05, 4.69) is 4.98 Å². The number of nitrogens with one attached hydrogen (secondary N) is 1. The van der Waals surface area contributed by atoms with E-state index in [0.717, 1.165) is 11.1 Å². The summed E-state index contributed by atoms with van der Waals surface area (Å²) in [5, 5.41) is 0. The lowest BCUT2D eigenvalue weighted by Crippen LogP contribution is -2.41. The molecule has 2 aromatic carbocycles. The topological polar surface area (TPSA) is 110 Å². The fourth-order valence-electron chi connectivity index (χ4n) is 3.20. The van der Waals surface area contributed by atoms with Crippen LogP contribution in [0.25, 0.3) is 0 Å². The molecule has 3 rings (SSSR count). The number of hydrogen-bond acceptors (Lipinski definition) is 5. The van der Waals surface area contributed by atoms with E-state index in [4.69, 9.17) is 10.5 Å². The van der Waals surface area contributed by atoms with Crippen molar-refractivity contribution in [3.63, 3.8) is 0 Å². The standard InChI is InChI=1S/C22H24N4O4/c1-15-7-6-10-17(13-15)21(28)26(14-16-8-4-3-5-9-16)18-19(23)25(11-12-30-2)22(29)24-20(18)27/h3-10,13H,11-12,14,23H2,1-2H3,(H,24,27,29). The zero-order chi connectivity index (χ0) is 21.7. The van der Waals surface area contributed by atoms with Crippen LogP contribution in [0.5, 0.6) is 0 Å². The highest BCUT2D eigenvalue weighted by Gasteiger charge is 2.25. The van der Waals surface area contributed by atoms with Crippen LogP contribution in [-0.2, 0) is 17.8 Å². The number of nitrogens with two attached hydrogens (primary N) is 1. The van der Waals surface area contributed by atoms with Crippen LogP contribution >= 0.6 is 0 Å². The summed E-state index contributed by atoms with van der Waals surface area (Å²) in [4.78, 5) is 42.0. The van der Waals surface area contributed by atoms with E-state index in [-0.39, 0.29) is 31.2 Å². The van der Waals surface area contributed by atoms with Gasteiger partial charge in [-0.15, -0.1) is 0 Å². The number of H-pyrrole nitrogens is 1. The van der Waals surface area contributed by atoms with Crippen LogP contribution in [-0.4, -0.2) is 29.2 Å². The monoisotopic (exact) mass is 408 g/mol. The van der Waals surface area contributed by atoms with Crippen molar-refractivity contribution < 1.29 is 9.53 Å². The number of hydrogen-bond donors (Lipinski definition) is 2. The molecule has 0 spiro atoms. The summed E-state index contributed by atoms with van der Waals surface area (Å²) in [6.45, 7) is 2.36. The number of ether oxygens (including phenoxy) is 1. The first-order chi connectivity index (χ1) is 14.4. The molecule has 0 saturated heterocycles. The molecule has 1 heterocycles. The quantitative estimate of drug-likeness (QED) is 0.621. The molecule has 0 aliphatic carbocycles. The Hall–Kier alpha value is -3.65. The van der Waals surface area contributed by atoms with Crippen molar-refractivity contribution in [3.05, 3.63) is 92.1 Å². The summed E-state index contributed by atoms with van der Waals surface area (Å²) in [5.41, 5.74) is 6.92. The molecule has 1 aromatic heterocycles. The normalized spacial score (nSPS) is 10.7. The highest BCUT2D eigenvalue weighted by Crippen LogP contribution is 2.22. The van der Waals surface area contributed by atoms with Gasteiger partial charge in [0.2, 0.25) is 0 Å². The number of aromatic nitrogens is 2. The molecular weight excluding hydrogens is 384 g/mol. The molecule has 30 heavy (non-hydrogen) atoms. The molecule has 0 atom stereocenters. The minimum absolute atomic E-state index is 0.0685. The van der Waals surface area contributed by atoms with Crippen LogP contribution in [0, 0.1) is 6.92 Å². The number of aryl methyl sites for hydroxylation is 1. The summed E-state index contributed by atoms with van der Waals surface area (Å²) in [7, 11) is 1.50. The number of aromatic amines is 1. The van der Waals surface area contributed by atoms with E-state index in [9.17, 15) is 14.4 Å². The van der Waals surface area contributed by atoms with Crippen molar-refractivity contribution in [2.45, 2.75) is 20.0 Å². The summed E-state index contributed by atoms with van der Waals surface area (Å²) in [6.07, 6.45) is 0. The van der Waals surface area contributed by atoms with Crippen molar-refractivity contribution in [2.24, 2.45) is 0 Å². The minimum Gasteiger partial charge on any atom is -0.383 e. The first-order valence-electron chi connectivity index (χ1n) is 9.46. The Balaban J connectivity index is 2.16. The van der Waals surface area contributed by atoms with Crippen LogP contribution in [0.4, 0.5) is 11.5 Å². The zero-order valence-corrected chi connectivity index (χ0v) is 16.9. The average molecular weight is 408 g/mol. The summed E-state index contributed by atoms with van der Waals surface area (Å²) < 4.78 is 6.22. The third-order valence-electron chi connectivity index (χ3n) is 4.70. The SMILES string of the molecule is COCCn1c(N)c(N(Cc2ccccc2)C(=O)c2cccc(C)c2)c(=O)[nH]c1=O. The van der Waals surface area contributed by atoms with Crippen molar-refractivity contribution in [1.29, 1.82) is 0 Å². The van der Waals surface area contributed by atoms with E-state index >= 15 is 0 Å². The van der Waals surface area contributed by atoms with Crippen LogP contribution in [0.3, 0.4) is 0 Å². The Kier molecular flexibility index (Phi) is 6.48. The second-order valence-corrected chi connectivity index (χ2v) is 6.88. The number of rotatable bonds is 7. The van der Waals surface area contributed by atoms with Crippen LogP contribution in [0.2, 0.25) is 0 Å². The third-order valence-corrected chi connectivity index (χ3v) is 4.70. The van der Waals surface area contributed by atoms with Crippen LogP contribution in [0.1, 0.15) is 21.5 Å². The number of nitrogens with zero attached hydrogens (tertiary/aromatic N) is 2. The van der Waals surface area contributed by atoms with Gasteiger partial charge in [0.15, 0.2) is 5.69 Å². The largest absolute Gasteiger partial charge is 0.383 e. The molecular formula is C22H24N4O4. The molecule has 3 aromatic rings. The molecule has 0 radical (unpaired) electrons. The molecule has 0 aliphatic rings. The second-order valence-electron chi connectivity index (χ2n) is 6.88. The number of benzene rings is 2. The molecule has 1 amide bonds. The molecule has 8 nitrogen and oxygen atoms in total. The fraction of sp³-hybridized carbons (Fsp3) is 0.227. The van der Waals surface area contributed by atoms with Gasteiger partial charge in [-0.05, 0) is 24.6 Å². The van der Waals surface area contributed by atoms with Gasteiger partial charge in [-0.3, -0.25) is 24.0 Å². The highest BCUT2D eigenvalue weighted by molar-refractivity contribution is 6.07. The predicted molar refractivity (Wildman–Crippen MR) is 116 cm³/mol. The lowest BCUT2D eigenvalue weighted by molar-refractivity contribution is 0.0984. The van der Waals surface area contributed by atoms with Crippen LogP contribution < -0.4 is 21.9 Å². The Bertz CT molecular complexity index is 1150. The molecule has 0 fully saturated rings. The van der Waals surface area contributed by atoms with E-state index < -0.39 is 17.2 Å². The van der Waals surface area contributed by atoms with Gasteiger partial charge in [0.25, 0.3) is 11.5 Å². The molecule has 156 valence electrons. The average Bonchev–Trinajstić information content (AvgIpc) is 2.73. The van der Waals surface area contributed by atoms with Gasteiger partial charge in [0.05, 0.1) is 19.7 Å². The van der Waals surface area contributed by atoms with Gasteiger partial charge < -0.3 is 10.5 Å². The van der Waals surface area contributed by atoms with E-state index in [1.165, 1.54) is 16.6 Å². The van der Waals surface area contributed by atoms with Crippen molar-refractivity contribution in [1.82, 2.24) is 9.55 Å². The Labute approximate surface area is 173 Å². The number of nitrogen functional groups attached to an aromatic ring is 1. The van der Waals surface area contributed by atoms with Gasteiger partial charge in [-0.25, -0.2) is 4.79 Å². The summed E-state index contributed by atoms with van der Waals surface area (Å²) in [5.74, 6) is -0.477. The van der Waals surface area contributed by atoms with Crippen LogP contribution in [0.15, 0.2) is 64.2 Å². The van der Waals surface area contributed by atoms with Crippen molar-refractivity contribution in [2.75, 3.05) is 24.4 Å². The fourth-order valence-corrected chi connectivity index (χ4v) is 3.20. The van der Waals surface area contributed by atoms with Gasteiger partial charge in [0.1, 0.15) is 5.82 Å². The zero-order valence-electron chi connectivity index (χ0n) is 16.9. The molecule has 0 saturated carbocycles. The van der Waals surface area contributed by atoms with Crippen molar-refractivity contribution >= 4 is 17.4 Å². The first kappa shape index (κ1) is 21.1. The summed E-state index contributed by atoms with van der Waals surface area (Å²) in [6, 6.07) is 16.3. The molecule has 0 unspecified atom stereocenters. The van der Waals surface area contributed by atoms with E-state index in [1.54, 1.807) is 18.2 Å². The number of anilines is 2. The lowest BCUT2D eigenvalue weighted by atomic mass is 10.1. The predicted octanol–water partition coefficient (Wildman–Crippen LogP) is 1.92. The molecule has 3 N–H and O–H groups in total. The lowest BCUT2D eigenvalue weighted by Gasteiger charge is -2.25. The molecule has 0 aliphatic heterocycles. The summed E-state index contributed by atoms with van der Waals surface area (Å²) >= 11 is 0. The maximum absolute atomic E-state index is 13.4. The van der Waals surface area contributed by atoms with Gasteiger partial charge in [-0.1, -0.05) is 48.0 Å². The highest BCUT2D eigenvalue weighted by atomic mass is 16.5. The Morgan fingerprint density at radius 1 is 1.13 bits per heavy atom. The maximum Gasteiger partial charge on any atom is 0.330 e. The smallest absolute Gasteiger partial charge is 0.330 e. The Morgan fingerprint density at radius 2 is 1.87 bits per heavy atom.